The minimum absolute atomic E-state index is 0.158. The molecule has 0 aromatic rings. The van der Waals surface area contributed by atoms with Gasteiger partial charge in [-0.25, -0.2) is 8.78 Å². The maximum absolute atomic E-state index is 12.5. The summed E-state index contributed by atoms with van der Waals surface area (Å²) in [7, 11) is 0. The number of aliphatic hydroxyl groups excluding tert-OH is 2. The number of nitrogens with one attached hydrogen (secondary N) is 1. The normalized spacial score (nSPS) is 13.6. The van der Waals surface area contributed by atoms with E-state index in [2.05, 4.69) is 10.1 Å². The fourth-order valence-electron chi connectivity index (χ4n) is 0.962. The lowest BCUT2D eigenvalue weighted by Gasteiger charge is -2.16. The van der Waals surface area contributed by atoms with Crippen LogP contribution in [0.4, 0.5) is 8.78 Å². The Labute approximate surface area is 92.4 Å². The summed E-state index contributed by atoms with van der Waals surface area (Å²) >= 11 is 0. The summed E-state index contributed by atoms with van der Waals surface area (Å²) in [6.07, 6.45) is -1.32. The van der Waals surface area contributed by atoms with E-state index in [1.165, 1.54) is 0 Å². The van der Waals surface area contributed by atoms with Gasteiger partial charge in [-0.05, 0) is 6.92 Å². The molecule has 0 aromatic heterocycles. The van der Waals surface area contributed by atoms with Gasteiger partial charge in [-0.3, -0.25) is 4.79 Å². The highest BCUT2D eigenvalue weighted by atomic mass is 19.3. The lowest BCUT2D eigenvalue weighted by atomic mass is 10.2. The third-order valence-electron chi connectivity index (χ3n) is 1.70. The number of halogens is 2. The number of hydrogen-bond donors (Lipinski definition) is 3. The van der Waals surface area contributed by atoms with E-state index in [9.17, 15) is 18.7 Å². The summed E-state index contributed by atoms with van der Waals surface area (Å²) in [5.41, 5.74) is 0. The molecule has 0 aliphatic rings. The van der Waals surface area contributed by atoms with Crippen molar-refractivity contribution in [1.29, 1.82) is 0 Å². The Kier molecular flexibility index (Phi) is 7.11. The second-order valence-corrected chi connectivity index (χ2v) is 3.31. The number of rotatable bonds is 8. The van der Waals surface area contributed by atoms with Gasteiger partial charge in [0.25, 0.3) is 5.92 Å². The molecule has 0 saturated heterocycles. The monoisotopic (exact) mass is 241 g/mol. The second kappa shape index (κ2) is 7.48. The summed E-state index contributed by atoms with van der Waals surface area (Å²) in [5, 5.41) is 19.7. The van der Waals surface area contributed by atoms with Crippen molar-refractivity contribution in [3.8, 4) is 0 Å². The molecule has 0 radical (unpaired) electrons. The third-order valence-corrected chi connectivity index (χ3v) is 1.70. The van der Waals surface area contributed by atoms with Gasteiger partial charge in [-0.2, -0.15) is 0 Å². The molecule has 0 heterocycles. The minimum Gasteiger partial charge on any atom is -0.466 e. The zero-order valence-corrected chi connectivity index (χ0v) is 9.08. The average Bonchev–Trinajstić information content (AvgIpc) is 2.17. The Bertz CT molecular complexity index is 214. The summed E-state index contributed by atoms with van der Waals surface area (Å²) in [6, 6.07) is 0. The van der Waals surface area contributed by atoms with Crippen molar-refractivity contribution in [3.63, 3.8) is 0 Å². The molecule has 0 amide bonds. The zero-order chi connectivity index (χ0) is 12.6. The van der Waals surface area contributed by atoms with E-state index in [0.717, 1.165) is 0 Å². The van der Waals surface area contributed by atoms with E-state index in [1.54, 1.807) is 6.92 Å². The van der Waals surface area contributed by atoms with Crippen LogP contribution in [0.2, 0.25) is 0 Å². The highest BCUT2D eigenvalue weighted by molar-refractivity contribution is 5.69. The van der Waals surface area contributed by atoms with Gasteiger partial charge in [0.15, 0.2) is 0 Å². The molecule has 7 heteroatoms. The molecule has 3 N–H and O–H groups in total. The van der Waals surface area contributed by atoms with E-state index >= 15 is 0 Å². The molecule has 0 aliphatic carbocycles. The maximum Gasteiger partial charge on any atom is 0.308 e. The van der Waals surface area contributed by atoms with Crippen LogP contribution in [0.25, 0.3) is 0 Å². The summed E-state index contributed by atoms with van der Waals surface area (Å²) in [5.74, 6) is -3.80. The van der Waals surface area contributed by atoms with Crippen molar-refractivity contribution in [2.75, 3.05) is 26.3 Å². The Morgan fingerprint density at radius 3 is 2.69 bits per heavy atom. The van der Waals surface area contributed by atoms with Crippen molar-refractivity contribution < 1.29 is 28.5 Å². The van der Waals surface area contributed by atoms with Gasteiger partial charge < -0.3 is 20.3 Å². The first-order valence-corrected chi connectivity index (χ1v) is 4.94. The van der Waals surface area contributed by atoms with E-state index < -0.39 is 31.1 Å². The Hall–Kier alpha value is -0.790. The molecule has 0 spiro atoms. The Morgan fingerprint density at radius 2 is 2.19 bits per heavy atom. The molecule has 0 saturated carbocycles. The van der Waals surface area contributed by atoms with Crippen LogP contribution in [-0.2, 0) is 9.53 Å². The number of hydrogen-bond acceptors (Lipinski definition) is 5. The summed E-state index contributed by atoms with van der Waals surface area (Å²) in [4.78, 5) is 10.9. The minimum atomic E-state index is -3.22. The fourth-order valence-corrected chi connectivity index (χ4v) is 0.962. The summed E-state index contributed by atoms with van der Waals surface area (Å²) in [6.45, 7) is -0.322. The molecular weight excluding hydrogens is 224 g/mol. The molecule has 1 atom stereocenters. The predicted molar refractivity (Wildman–Crippen MR) is 52.2 cm³/mol. The third kappa shape index (κ3) is 7.49. The average molecular weight is 241 g/mol. The predicted octanol–water partition coefficient (Wildman–Crippen LogP) is -0.482. The smallest absolute Gasteiger partial charge is 0.308 e. The first-order valence-electron chi connectivity index (χ1n) is 4.94. The molecule has 0 aliphatic heterocycles. The van der Waals surface area contributed by atoms with Crippen LogP contribution in [0.1, 0.15) is 13.3 Å². The van der Waals surface area contributed by atoms with Gasteiger partial charge in [-0.15, -0.1) is 0 Å². The van der Waals surface area contributed by atoms with E-state index in [-0.39, 0.29) is 19.6 Å². The molecular formula is C9H17F2NO4. The van der Waals surface area contributed by atoms with Crippen LogP contribution >= 0.6 is 0 Å². The number of aliphatic hydroxyl groups is 2. The number of ether oxygens (including phenoxy) is 1. The lowest BCUT2D eigenvalue weighted by Crippen LogP contribution is -2.39. The Balaban J connectivity index is 3.65. The summed E-state index contributed by atoms with van der Waals surface area (Å²) < 4.78 is 29.6. The molecule has 0 fully saturated rings. The maximum atomic E-state index is 12.5. The van der Waals surface area contributed by atoms with Gasteiger partial charge in [0.2, 0.25) is 0 Å². The van der Waals surface area contributed by atoms with Gasteiger partial charge in [0.1, 0.15) is 6.61 Å². The highest BCUT2D eigenvalue weighted by Gasteiger charge is 2.27. The lowest BCUT2D eigenvalue weighted by molar-refractivity contribution is -0.145. The largest absolute Gasteiger partial charge is 0.466 e. The first-order chi connectivity index (χ1) is 7.41. The Morgan fingerprint density at radius 1 is 1.56 bits per heavy atom. The number of carbonyl (C=O) groups excluding carboxylic acids is 1. The highest BCUT2D eigenvalue weighted by Crippen LogP contribution is 2.09. The van der Waals surface area contributed by atoms with Gasteiger partial charge in [0, 0.05) is 6.54 Å². The van der Waals surface area contributed by atoms with Crippen LogP contribution in [0.15, 0.2) is 0 Å². The number of esters is 1. The van der Waals surface area contributed by atoms with Crippen molar-refractivity contribution in [1.82, 2.24) is 5.32 Å². The topological polar surface area (TPSA) is 78.8 Å². The van der Waals surface area contributed by atoms with Crippen molar-refractivity contribution in [2.45, 2.75) is 25.4 Å². The van der Waals surface area contributed by atoms with Crippen molar-refractivity contribution >= 4 is 5.97 Å². The molecule has 0 rings (SSSR count). The molecule has 1 unspecified atom stereocenters. The molecule has 96 valence electrons. The van der Waals surface area contributed by atoms with Crippen LogP contribution < -0.4 is 5.32 Å². The zero-order valence-electron chi connectivity index (χ0n) is 9.08. The SMILES string of the molecule is CCOC(=O)CC(O)CNCC(F)(F)CO. The quantitative estimate of drug-likeness (QED) is 0.500. The van der Waals surface area contributed by atoms with Gasteiger partial charge >= 0.3 is 5.97 Å². The number of alkyl halides is 2. The van der Waals surface area contributed by atoms with Crippen LogP contribution in [-0.4, -0.2) is 54.5 Å². The van der Waals surface area contributed by atoms with Gasteiger partial charge in [0.05, 0.1) is 25.7 Å². The van der Waals surface area contributed by atoms with Crippen LogP contribution in [0.3, 0.4) is 0 Å². The van der Waals surface area contributed by atoms with Gasteiger partial charge in [-0.1, -0.05) is 0 Å². The number of carbonyl (C=O) groups is 1. The second-order valence-electron chi connectivity index (χ2n) is 3.31. The molecule has 16 heavy (non-hydrogen) atoms. The molecule has 5 nitrogen and oxygen atoms in total. The first kappa shape index (κ1) is 15.2. The van der Waals surface area contributed by atoms with E-state index in [4.69, 9.17) is 5.11 Å². The van der Waals surface area contributed by atoms with Crippen molar-refractivity contribution in [3.05, 3.63) is 0 Å². The standard InChI is InChI=1S/C9H17F2NO4/c1-2-16-8(15)3-7(14)4-12-5-9(10,11)6-13/h7,12-14H,2-6H2,1H3. The molecule has 0 bridgehead atoms. The van der Waals surface area contributed by atoms with Crippen molar-refractivity contribution in [2.24, 2.45) is 0 Å². The van der Waals surface area contributed by atoms with E-state index in [1.807, 2.05) is 0 Å². The van der Waals surface area contributed by atoms with E-state index in [0.29, 0.717) is 0 Å². The molecule has 0 aromatic carbocycles. The fraction of sp³-hybridized carbons (Fsp3) is 0.889. The van der Waals surface area contributed by atoms with Crippen LogP contribution in [0, 0.1) is 0 Å². The van der Waals surface area contributed by atoms with Crippen LogP contribution in [0.5, 0.6) is 0 Å².